The average Bonchev–Trinajstić information content (AvgIpc) is 3.37. The Kier molecular flexibility index (Phi) is 4.07. The summed E-state index contributed by atoms with van der Waals surface area (Å²) in [7, 11) is 1.78. The minimum absolute atomic E-state index is 0.00660. The van der Waals surface area contributed by atoms with E-state index in [4.69, 9.17) is 16.7 Å². The van der Waals surface area contributed by atoms with E-state index in [9.17, 15) is 10.4 Å². The van der Waals surface area contributed by atoms with Crippen LogP contribution in [0.15, 0.2) is 24.8 Å². The van der Waals surface area contributed by atoms with Gasteiger partial charge in [-0.25, -0.2) is 4.98 Å². The monoisotopic (exact) mass is 383 g/mol. The van der Waals surface area contributed by atoms with Gasteiger partial charge in [-0.1, -0.05) is 11.6 Å². The van der Waals surface area contributed by atoms with E-state index in [-0.39, 0.29) is 22.9 Å². The fourth-order valence-electron chi connectivity index (χ4n) is 3.21. The molecule has 0 amide bonds. The highest BCUT2D eigenvalue weighted by Crippen LogP contribution is 2.41. The van der Waals surface area contributed by atoms with Gasteiger partial charge >= 0.3 is 0 Å². The lowest BCUT2D eigenvalue weighted by Crippen LogP contribution is -1.99. The fraction of sp³-hybridized carbons (Fsp3) is 0.176. The zero-order valence-corrected chi connectivity index (χ0v) is 14.9. The Morgan fingerprint density at radius 2 is 2.19 bits per heavy atom. The number of phenolic OH excluding ortho intramolecular Hbond substituents is 1. The van der Waals surface area contributed by atoms with Crippen molar-refractivity contribution in [1.82, 2.24) is 29.3 Å². The molecule has 0 aliphatic carbocycles. The largest absolute Gasteiger partial charge is 0.506 e. The molecule has 9 nitrogen and oxygen atoms in total. The number of H-pyrrole nitrogens is 1. The Hall–Kier alpha value is -3.35. The Bertz CT molecular complexity index is 1180. The zero-order chi connectivity index (χ0) is 19.1. The lowest BCUT2D eigenvalue weighted by atomic mass is 10.1. The van der Waals surface area contributed by atoms with Gasteiger partial charge in [0.25, 0.3) is 0 Å². The molecule has 0 fully saturated rings. The summed E-state index contributed by atoms with van der Waals surface area (Å²) < 4.78 is 3.54. The van der Waals surface area contributed by atoms with Crippen LogP contribution in [0.3, 0.4) is 0 Å². The molecule has 0 atom stereocenters. The van der Waals surface area contributed by atoms with Crippen LogP contribution < -0.4 is 0 Å². The molecule has 0 radical (unpaired) electrons. The number of nitriles is 1. The van der Waals surface area contributed by atoms with Crippen LogP contribution in [0.25, 0.3) is 28.1 Å². The summed E-state index contributed by atoms with van der Waals surface area (Å²) in [6.45, 7) is -0.0554. The standard InChI is InChI=1S/C17H14ClN7O2/c1-24-14-9(6-11(27)13(18)10(14)7-19)15(25-4-3-20-8-25)16(24)17-21-12(2-5-26)22-23-17/h3-4,6,8,26-27H,2,5H2,1H3,(H,21,22,23). The van der Waals surface area contributed by atoms with Crippen molar-refractivity contribution in [1.29, 1.82) is 5.26 Å². The number of nitrogens with zero attached hydrogens (tertiary/aromatic N) is 6. The van der Waals surface area contributed by atoms with Crippen LogP contribution >= 0.6 is 11.6 Å². The Morgan fingerprint density at radius 1 is 1.37 bits per heavy atom. The molecule has 0 saturated heterocycles. The van der Waals surface area contributed by atoms with Gasteiger partial charge in [-0.3, -0.25) is 0 Å². The lowest BCUT2D eigenvalue weighted by Gasteiger charge is -2.05. The number of fused-ring (bicyclic) bond motifs is 1. The molecule has 1 aromatic carbocycles. The van der Waals surface area contributed by atoms with Crippen LogP contribution in [0.4, 0.5) is 0 Å². The molecule has 0 aliphatic rings. The maximum atomic E-state index is 10.2. The van der Waals surface area contributed by atoms with E-state index < -0.39 is 0 Å². The first-order valence-electron chi connectivity index (χ1n) is 8.01. The zero-order valence-electron chi connectivity index (χ0n) is 14.2. The van der Waals surface area contributed by atoms with Gasteiger partial charge in [0.05, 0.1) is 29.7 Å². The van der Waals surface area contributed by atoms with Gasteiger partial charge in [-0.2, -0.15) is 5.26 Å². The summed E-state index contributed by atoms with van der Waals surface area (Å²) in [5.41, 5.74) is 2.02. The van der Waals surface area contributed by atoms with Gasteiger partial charge in [0.2, 0.25) is 0 Å². The van der Waals surface area contributed by atoms with Crippen LogP contribution in [0.1, 0.15) is 11.4 Å². The third kappa shape index (κ3) is 2.54. The molecule has 136 valence electrons. The number of aryl methyl sites for hydroxylation is 1. The number of aromatic hydroxyl groups is 1. The van der Waals surface area contributed by atoms with E-state index in [0.29, 0.717) is 40.4 Å². The first-order valence-corrected chi connectivity index (χ1v) is 8.39. The number of phenols is 1. The lowest BCUT2D eigenvalue weighted by molar-refractivity contribution is 0.297. The quantitative estimate of drug-likeness (QED) is 0.493. The predicted molar refractivity (Wildman–Crippen MR) is 97.6 cm³/mol. The van der Waals surface area contributed by atoms with Gasteiger partial charge in [0.1, 0.15) is 28.4 Å². The van der Waals surface area contributed by atoms with Crippen molar-refractivity contribution >= 4 is 22.5 Å². The first kappa shape index (κ1) is 17.1. The maximum absolute atomic E-state index is 10.2. The van der Waals surface area contributed by atoms with Crippen LogP contribution in [0.2, 0.25) is 5.02 Å². The molecule has 3 aromatic heterocycles. The summed E-state index contributed by atoms with van der Waals surface area (Å²) in [6.07, 6.45) is 5.33. The number of nitrogens with one attached hydrogen (secondary N) is 1. The Labute approximate surface area is 158 Å². The number of halogens is 1. The van der Waals surface area contributed by atoms with E-state index in [1.54, 1.807) is 34.9 Å². The molecule has 0 bridgehead atoms. The van der Waals surface area contributed by atoms with Crippen molar-refractivity contribution in [3.63, 3.8) is 0 Å². The molecule has 4 aromatic rings. The highest BCUT2D eigenvalue weighted by atomic mass is 35.5. The first-order chi connectivity index (χ1) is 13.1. The van der Waals surface area contributed by atoms with Gasteiger partial charge < -0.3 is 24.3 Å². The maximum Gasteiger partial charge on any atom is 0.180 e. The van der Waals surface area contributed by atoms with Crippen molar-refractivity contribution in [3.8, 4) is 29.0 Å². The van der Waals surface area contributed by atoms with Gasteiger partial charge in [0, 0.05) is 31.2 Å². The molecule has 0 spiro atoms. The molecule has 3 heterocycles. The highest BCUT2D eigenvalue weighted by molar-refractivity contribution is 6.34. The number of aliphatic hydroxyl groups excluding tert-OH is 1. The minimum Gasteiger partial charge on any atom is -0.506 e. The second-order valence-corrected chi connectivity index (χ2v) is 6.29. The van der Waals surface area contributed by atoms with Crippen molar-refractivity contribution in [2.24, 2.45) is 7.05 Å². The summed E-state index contributed by atoms with van der Waals surface area (Å²) >= 11 is 6.15. The SMILES string of the molecule is Cn1c(-c2nnc(CCO)[nH]2)c(-n2ccnc2)c2cc(O)c(Cl)c(C#N)c21. The normalized spacial score (nSPS) is 11.2. The van der Waals surface area contributed by atoms with Crippen LogP contribution in [-0.4, -0.2) is 46.1 Å². The highest BCUT2D eigenvalue weighted by Gasteiger charge is 2.25. The average molecular weight is 384 g/mol. The summed E-state index contributed by atoms with van der Waals surface area (Å²) in [4.78, 5) is 7.17. The Morgan fingerprint density at radius 3 is 2.85 bits per heavy atom. The number of aromatic nitrogens is 6. The topological polar surface area (TPSA) is 129 Å². The molecule has 10 heteroatoms. The molecule has 0 saturated carbocycles. The number of hydrogen-bond acceptors (Lipinski definition) is 6. The second kappa shape index (κ2) is 6.42. The van der Waals surface area contributed by atoms with E-state index in [0.717, 1.165) is 0 Å². The van der Waals surface area contributed by atoms with Crippen molar-refractivity contribution in [2.45, 2.75) is 6.42 Å². The number of imidazole rings is 1. The summed E-state index contributed by atoms with van der Waals surface area (Å²) in [6, 6.07) is 3.58. The molecule has 0 unspecified atom stereocenters. The summed E-state index contributed by atoms with van der Waals surface area (Å²) in [5.74, 6) is 0.814. The number of aromatic amines is 1. The van der Waals surface area contributed by atoms with Crippen LogP contribution in [0.5, 0.6) is 5.75 Å². The number of benzene rings is 1. The van der Waals surface area contributed by atoms with Crippen LogP contribution in [0, 0.1) is 11.3 Å². The van der Waals surface area contributed by atoms with Crippen molar-refractivity contribution in [2.75, 3.05) is 6.61 Å². The molecular weight excluding hydrogens is 370 g/mol. The smallest absolute Gasteiger partial charge is 0.180 e. The number of hydrogen-bond donors (Lipinski definition) is 3. The van der Waals surface area contributed by atoms with Crippen LogP contribution in [-0.2, 0) is 13.5 Å². The second-order valence-electron chi connectivity index (χ2n) is 5.91. The molecular formula is C17H14ClN7O2. The minimum atomic E-state index is -0.183. The van der Waals surface area contributed by atoms with Crippen molar-refractivity contribution in [3.05, 3.63) is 41.2 Å². The van der Waals surface area contributed by atoms with E-state index in [1.807, 2.05) is 0 Å². The fourth-order valence-corrected chi connectivity index (χ4v) is 3.40. The molecule has 3 N–H and O–H groups in total. The van der Waals surface area contributed by atoms with E-state index in [2.05, 4.69) is 26.2 Å². The Balaban J connectivity index is 2.13. The summed E-state index contributed by atoms with van der Waals surface area (Å²) in [5, 5.41) is 37.8. The van der Waals surface area contributed by atoms with E-state index in [1.165, 1.54) is 6.07 Å². The third-order valence-electron chi connectivity index (χ3n) is 4.35. The van der Waals surface area contributed by atoms with Gasteiger partial charge in [0.15, 0.2) is 5.82 Å². The van der Waals surface area contributed by atoms with E-state index >= 15 is 0 Å². The molecule has 0 aliphatic heterocycles. The van der Waals surface area contributed by atoms with Gasteiger partial charge in [-0.15, -0.1) is 10.2 Å². The van der Waals surface area contributed by atoms with Gasteiger partial charge in [-0.05, 0) is 6.07 Å². The third-order valence-corrected chi connectivity index (χ3v) is 4.73. The molecule has 4 rings (SSSR count). The predicted octanol–water partition coefficient (Wildman–Crippen LogP) is 1.91. The number of aliphatic hydroxyl groups is 1. The van der Waals surface area contributed by atoms with Crippen molar-refractivity contribution < 1.29 is 10.2 Å². The number of rotatable bonds is 4. The molecule has 27 heavy (non-hydrogen) atoms.